The second-order valence-electron chi connectivity index (χ2n) is 7.03. The minimum atomic E-state index is -1.81. The summed E-state index contributed by atoms with van der Waals surface area (Å²) in [5, 5.41) is 9.07. The molecule has 1 aromatic carbocycles. The van der Waals surface area contributed by atoms with E-state index >= 15 is 0 Å². The zero-order valence-electron chi connectivity index (χ0n) is 13.9. The Hall–Kier alpha value is -1.84. The number of nitrogens with one attached hydrogen (secondary N) is 1. The van der Waals surface area contributed by atoms with E-state index in [1.54, 1.807) is 22.8 Å². The second-order valence-corrected chi connectivity index (χ2v) is 11.8. The summed E-state index contributed by atoms with van der Waals surface area (Å²) in [6, 6.07) is 7.30. The van der Waals surface area contributed by atoms with Gasteiger partial charge < -0.3 is 9.41 Å². The van der Waals surface area contributed by atoms with E-state index in [4.69, 9.17) is 9.69 Å². The van der Waals surface area contributed by atoms with Crippen LogP contribution in [-0.4, -0.2) is 24.5 Å². The molecule has 0 bridgehead atoms. The van der Waals surface area contributed by atoms with E-state index in [2.05, 4.69) is 44.9 Å². The van der Waals surface area contributed by atoms with Crippen molar-refractivity contribution < 1.29 is 4.43 Å². The van der Waals surface area contributed by atoms with Gasteiger partial charge in [0.15, 0.2) is 8.32 Å². The first-order valence-corrected chi connectivity index (χ1v) is 10.3. The Kier molecular flexibility index (Phi) is 4.32. The van der Waals surface area contributed by atoms with Crippen LogP contribution in [0.1, 0.15) is 26.3 Å². The largest absolute Gasteiger partial charge is 0.415 e. The molecule has 0 aliphatic carbocycles. The van der Waals surface area contributed by atoms with E-state index in [0.717, 1.165) is 5.52 Å². The van der Waals surface area contributed by atoms with Gasteiger partial charge >= 0.3 is 5.69 Å². The number of nitrogens with zero attached hydrogens (tertiary/aromatic N) is 2. The van der Waals surface area contributed by atoms with Crippen LogP contribution >= 0.6 is 0 Å². The summed E-state index contributed by atoms with van der Waals surface area (Å²) < 4.78 is 7.80. The summed E-state index contributed by atoms with van der Waals surface area (Å²) in [4.78, 5) is 14.9. The van der Waals surface area contributed by atoms with Crippen LogP contribution in [0.2, 0.25) is 18.1 Å². The van der Waals surface area contributed by atoms with Crippen molar-refractivity contribution in [1.82, 2.24) is 9.55 Å². The molecule has 118 valence electrons. The summed E-state index contributed by atoms with van der Waals surface area (Å²) >= 11 is 0. The van der Waals surface area contributed by atoms with E-state index in [0.29, 0.717) is 24.2 Å². The van der Waals surface area contributed by atoms with Crippen molar-refractivity contribution in [2.75, 3.05) is 6.61 Å². The molecule has 2 rings (SSSR count). The number of aromatic amines is 1. The molecule has 0 aliphatic rings. The van der Waals surface area contributed by atoms with Gasteiger partial charge in [-0.05, 0) is 36.3 Å². The number of nitriles is 1. The fraction of sp³-hybridized carbons (Fsp3) is 0.500. The molecular weight excluding hydrogens is 294 g/mol. The molecule has 1 N–H and O–H groups in total. The van der Waals surface area contributed by atoms with E-state index in [-0.39, 0.29) is 10.7 Å². The Balaban J connectivity index is 2.18. The summed E-state index contributed by atoms with van der Waals surface area (Å²) in [6.45, 7) is 12.0. The molecule has 6 heteroatoms. The maximum absolute atomic E-state index is 12.1. The minimum Gasteiger partial charge on any atom is -0.415 e. The highest BCUT2D eigenvalue weighted by molar-refractivity contribution is 6.74. The third kappa shape index (κ3) is 3.16. The van der Waals surface area contributed by atoms with Crippen molar-refractivity contribution in [1.29, 1.82) is 5.26 Å². The molecule has 2 aromatic rings. The molecule has 0 saturated carbocycles. The highest BCUT2D eigenvalue weighted by Gasteiger charge is 2.36. The molecule has 0 saturated heterocycles. The molecule has 5 nitrogen and oxygen atoms in total. The standard InChI is InChI=1S/C16H23N3O2Si/c1-16(2,3)22(4,5)21-9-8-19-14-7-6-12(11-17)10-13(14)18-15(19)20/h6-7,10H,8-9H2,1-5H3,(H,18,20). The van der Waals surface area contributed by atoms with Crippen LogP contribution in [-0.2, 0) is 11.0 Å². The molecule has 0 amide bonds. The van der Waals surface area contributed by atoms with E-state index in [1.807, 2.05) is 0 Å². The lowest BCUT2D eigenvalue weighted by atomic mass is 10.2. The average molecular weight is 317 g/mol. The maximum Gasteiger partial charge on any atom is 0.326 e. The van der Waals surface area contributed by atoms with E-state index < -0.39 is 8.32 Å². The van der Waals surface area contributed by atoms with Gasteiger partial charge in [-0.1, -0.05) is 20.8 Å². The summed E-state index contributed by atoms with van der Waals surface area (Å²) in [5.41, 5.74) is 1.88. The number of fused-ring (bicyclic) bond motifs is 1. The lowest BCUT2D eigenvalue weighted by molar-refractivity contribution is 0.272. The number of H-pyrrole nitrogens is 1. The molecular formula is C16H23N3O2Si. The van der Waals surface area contributed by atoms with Gasteiger partial charge in [0.25, 0.3) is 0 Å². The van der Waals surface area contributed by atoms with Gasteiger partial charge in [-0.15, -0.1) is 0 Å². The SMILES string of the molecule is CC(C)(C)[Si](C)(C)OCCn1c(=O)[nH]c2cc(C#N)ccc21. The van der Waals surface area contributed by atoms with Crippen LogP contribution in [0.3, 0.4) is 0 Å². The Morgan fingerprint density at radius 1 is 1.36 bits per heavy atom. The Morgan fingerprint density at radius 2 is 2.05 bits per heavy atom. The number of hydrogen-bond donors (Lipinski definition) is 1. The Morgan fingerprint density at radius 3 is 2.64 bits per heavy atom. The molecule has 0 fully saturated rings. The number of hydrogen-bond acceptors (Lipinski definition) is 3. The summed E-state index contributed by atoms with van der Waals surface area (Å²) in [6.07, 6.45) is 0. The van der Waals surface area contributed by atoms with Crippen LogP contribution in [0.25, 0.3) is 11.0 Å². The number of imidazole rings is 1. The van der Waals surface area contributed by atoms with Gasteiger partial charge in [0.2, 0.25) is 0 Å². The molecule has 0 atom stereocenters. The fourth-order valence-electron chi connectivity index (χ4n) is 2.06. The Labute approximate surface area is 131 Å². The minimum absolute atomic E-state index is 0.153. The van der Waals surface area contributed by atoms with Crippen molar-refractivity contribution in [3.8, 4) is 6.07 Å². The fourth-order valence-corrected chi connectivity index (χ4v) is 3.10. The molecule has 0 radical (unpaired) electrons. The molecule has 22 heavy (non-hydrogen) atoms. The van der Waals surface area contributed by atoms with Crippen LogP contribution in [0.15, 0.2) is 23.0 Å². The van der Waals surface area contributed by atoms with E-state index in [1.165, 1.54) is 0 Å². The van der Waals surface area contributed by atoms with Crippen molar-refractivity contribution in [3.63, 3.8) is 0 Å². The quantitative estimate of drug-likeness (QED) is 0.880. The lowest BCUT2D eigenvalue weighted by Gasteiger charge is -2.36. The molecule has 0 unspecified atom stereocenters. The monoisotopic (exact) mass is 317 g/mol. The molecule has 0 aliphatic heterocycles. The third-order valence-corrected chi connectivity index (χ3v) is 9.03. The van der Waals surface area contributed by atoms with Crippen molar-refractivity contribution in [2.45, 2.75) is 45.4 Å². The predicted molar refractivity (Wildman–Crippen MR) is 90.4 cm³/mol. The van der Waals surface area contributed by atoms with Crippen molar-refractivity contribution in [2.24, 2.45) is 0 Å². The highest BCUT2D eigenvalue weighted by Crippen LogP contribution is 2.36. The number of aromatic nitrogens is 2. The van der Waals surface area contributed by atoms with Crippen molar-refractivity contribution >= 4 is 19.4 Å². The zero-order valence-corrected chi connectivity index (χ0v) is 14.9. The van der Waals surface area contributed by atoms with Crippen LogP contribution in [0, 0.1) is 11.3 Å². The van der Waals surface area contributed by atoms with Crippen LogP contribution in [0.5, 0.6) is 0 Å². The predicted octanol–water partition coefficient (Wildman–Crippen LogP) is 3.22. The molecule has 1 heterocycles. The van der Waals surface area contributed by atoms with Gasteiger partial charge in [0.05, 0.1) is 29.3 Å². The maximum atomic E-state index is 12.1. The average Bonchev–Trinajstić information content (AvgIpc) is 2.72. The summed E-state index contributed by atoms with van der Waals surface area (Å²) in [7, 11) is -1.81. The third-order valence-electron chi connectivity index (χ3n) is 4.49. The number of benzene rings is 1. The summed E-state index contributed by atoms with van der Waals surface area (Å²) in [5.74, 6) is 0. The van der Waals surface area contributed by atoms with Gasteiger partial charge in [-0.2, -0.15) is 5.26 Å². The first-order chi connectivity index (χ1) is 10.2. The molecule has 1 aromatic heterocycles. The molecule has 0 spiro atoms. The van der Waals surface area contributed by atoms with E-state index in [9.17, 15) is 4.79 Å². The van der Waals surface area contributed by atoms with Crippen molar-refractivity contribution in [3.05, 3.63) is 34.2 Å². The van der Waals surface area contributed by atoms with Crippen LogP contribution in [0.4, 0.5) is 0 Å². The van der Waals surface area contributed by atoms with Gasteiger partial charge in [0, 0.05) is 6.54 Å². The topological polar surface area (TPSA) is 70.8 Å². The Bertz CT molecular complexity index is 775. The van der Waals surface area contributed by atoms with Gasteiger partial charge in [0.1, 0.15) is 0 Å². The van der Waals surface area contributed by atoms with Gasteiger partial charge in [-0.3, -0.25) is 4.57 Å². The highest BCUT2D eigenvalue weighted by atomic mass is 28.4. The first kappa shape index (κ1) is 16.5. The van der Waals surface area contributed by atoms with Gasteiger partial charge in [-0.25, -0.2) is 4.79 Å². The first-order valence-electron chi connectivity index (χ1n) is 7.42. The lowest BCUT2D eigenvalue weighted by Crippen LogP contribution is -2.41. The van der Waals surface area contributed by atoms with Crippen LogP contribution < -0.4 is 5.69 Å². The smallest absolute Gasteiger partial charge is 0.326 e. The zero-order chi connectivity index (χ0) is 16.5. The normalized spacial score (nSPS) is 12.5. The second kappa shape index (κ2) is 5.74. The number of rotatable bonds is 4.